The summed E-state index contributed by atoms with van der Waals surface area (Å²) < 4.78 is 22.2. The number of aryl methyl sites for hydroxylation is 1. The first-order valence-corrected chi connectivity index (χ1v) is 8.74. The van der Waals surface area contributed by atoms with Crippen molar-refractivity contribution in [3.8, 4) is 0 Å². The zero-order valence-electron chi connectivity index (χ0n) is 11.5. The quantitative estimate of drug-likeness (QED) is 0.830. The molecule has 2 atom stereocenters. The van der Waals surface area contributed by atoms with E-state index in [0.717, 1.165) is 24.7 Å². The Morgan fingerprint density at radius 1 is 1.45 bits per heavy atom. The number of amides is 1. The number of nitrogens with two attached hydrogens (primary N) is 1. The molecule has 0 heterocycles. The van der Waals surface area contributed by atoms with Crippen molar-refractivity contribution in [2.75, 3.05) is 12.0 Å². The molecule has 0 radical (unpaired) electrons. The molecule has 3 N–H and O–H groups in total. The number of nitrogens with one attached hydrogen (secondary N) is 1. The summed E-state index contributed by atoms with van der Waals surface area (Å²) in [6, 6.07) is 7.22. The third-order valence-corrected chi connectivity index (χ3v) is 4.56. The molecule has 0 spiro atoms. The van der Waals surface area contributed by atoms with Gasteiger partial charge in [0, 0.05) is 6.26 Å². The van der Waals surface area contributed by atoms with Gasteiger partial charge in [-0.05, 0) is 30.4 Å². The normalized spacial score (nSPS) is 19.4. The van der Waals surface area contributed by atoms with Crippen LogP contribution in [-0.2, 0) is 21.1 Å². The average Bonchev–Trinajstić information content (AvgIpc) is 2.78. The number of sulfone groups is 1. The topological polar surface area (TPSA) is 89.3 Å². The first kappa shape index (κ1) is 15.0. The predicted molar refractivity (Wildman–Crippen MR) is 77.9 cm³/mol. The van der Waals surface area contributed by atoms with Gasteiger partial charge in [-0.2, -0.15) is 0 Å². The molecule has 0 bridgehead atoms. The van der Waals surface area contributed by atoms with Crippen molar-refractivity contribution >= 4 is 15.7 Å². The zero-order chi connectivity index (χ0) is 14.8. The van der Waals surface area contributed by atoms with Crippen molar-refractivity contribution in [1.29, 1.82) is 0 Å². The summed E-state index contributed by atoms with van der Waals surface area (Å²) in [6.07, 6.45) is 3.10. The summed E-state index contributed by atoms with van der Waals surface area (Å²) in [5.41, 5.74) is 8.13. The smallest absolute Gasteiger partial charge is 0.237 e. The summed E-state index contributed by atoms with van der Waals surface area (Å²) in [5, 5.41) is 2.91. The Hall–Kier alpha value is -1.40. The fourth-order valence-electron chi connectivity index (χ4n) is 2.46. The number of hydrogen-bond acceptors (Lipinski definition) is 4. The largest absolute Gasteiger partial charge is 0.348 e. The van der Waals surface area contributed by atoms with Crippen LogP contribution in [0.4, 0.5) is 0 Å². The lowest BCUT2D eigenvalue weighted by molar-refractivity contribution is -0.123. The first-order chi connectivity index (χ1) is 9.37. The molecule has 6 heteroatoms. The van der Waals surface area contributed by atoms with Crippen molar-refractivity contribution in [2.24, 2.45) is 5.73 Å². The molecule has 1 amide bonds. The molecule has 1 aliphatic carbocycles. The van der Waals surface area contributed by atoms with Crippen LogP contribution in [0.5, 0.6) is 0 Å². The van der Waals surface area contributed by atoms with E-state index in [9.17, 15) is 13.2 Å². The SMILES string of the molecule is CS(=O)(=O)CCC(N)C(=O)NC1CCc2ccccc21. The third kappa shape index (κ3) is 3.80. The molecule has 20 heavy (non-hydrogen) atoms. The van der Waals surface area contributed by atoms with E-state index in [4.69, 9.17) is 5.73 Å². The molecule has 0 saturated heterocycles. The van der Waals surface area contributed by atoms with Gasteiger partial charge in [0.15, 0.2) is 0 Å². The van der Waals surface area contributed by atoms with Gasteiger partial charge in [0.05, 0.1) is 17.8 Å². The Balaban J connectivity index is 1.92. The standard InChI is InChI=1S/C14H20N2O3S/c1-20(18,19)9-8-12(15)14(17)16-13-7-6-10-4-2-3-5-11(10)13/h2-5,12-13H,6-9,15H2,1H3,(H,16,17). The molecular formula is C14H20N2O3S. The van der Waals surface area contributed by atoms with Gasteiger partial charge in [-0.25, -0.2) is 8.42 Å². The maximum Gasteiger partial charge on any atom is 0.237 e. The Kier molecular flexibility index (Phi) is 4.45. The number of rotatable bonds is 5. The van der Waals surface area contributed by atoms with Crippen molar-refractivity contribution in [3.63, 3.8) is 0 Å². The highest BCUT2D eigenvalue weighted by atomic mass is 32.2. The van der Waals surface area contributed by atoms with E-state index in [2.05, 4.69) is 11.4 Å². The van der Waals surface area contributed by atoms with Gasteiger partial charge in [0.25, 0.3) is 0 Å². The summed E-state index contributed by atoms with van der Waals surface area (Å²) >= 11 is 0. The minimum absolute atomic E-state index is 0.0111. The van der Waals surface area contributed by atoms with Gasteiger partial charge in [-0.15, -0.1) is 0 Å². The van der Waals surface area contributed by atoms with Crippen molar-refractivity contribution in [2.45, 2.75) is 31.3 Å². The van der Waals surface area contributed by atoms with Gasteiger partial charge in [0.1, 0.15) is 9.84 Å². The van der Waals surface area contributed by atoms with E-state index in [0.29, 0.717) is 0 Å². The van der Waals surface area contributed by atoms with Crippen LogP contribution >= 0.6 is 0 Å². The molecule has 1 aliphatic rings. The van der Waals surface area contributed by atoms with Gasteiger partial charge >= 0.3 is 0 Å². The van der Waals surface area contributed by atoms with Crippen molar-refractivity contribution < 1.29 is 13.2 Å². The zero-order valence-corrected chi connectivity index (χ0v) is 12.3. The summed E-state index contributed by atoms with van der Waals surface area (Å²) in [7, 11) is -3.09. The Bertz CT molecular complexity index is 598. The van der Waals surface area contributed by atoms with Crippen LogP contribution < -0.4 is 11.1 Å². The van der Waals surface area contributed by atoms with E-state index in [1.54, 1.807) is 0 Å². The van der Waals surface area contributed by atoms with E-state index in [-0.39, 0.29) is 24.1 Å². The van der Waals surface area contributed by atoms with Gasteiger partial charge in [-0.3, -0.25) is 4.79 Å². The molecular weight excluding hydrogens is 276 g/mol. The van der Waals surface area contributed by atoms with Gasteiger partial charge in [0.2, 0.25) is 5.91 Å². The summed E-state index contributed by atoms with van der Waals surface area (Å²) in [5.74, 6) is -0.349. The molecule has 1 aromatic rings. The number of fused-ring (bicyclic) bond motifs is 1. The maximum absolute atomic E-state index is 12.0. The van der Waals surface area contributed by atoms with E-state index < -0.39 is 15.9 Å². The summed E-state index contributed by atoms with van der Waals surface area (Å²) in [6.45, 7) is 0. The highest BCUT2D eigenvalue weighted by molar-refractivity contribution is 7.90. The minimum Gasteiger partial charge on any atom is -0.348 e. The lowest BCUT2D eigenvalue weighted by Crippen LogP contribution is -2.42. The van der Waals surface area contributed by atoms with Crippen LogP contribution in [0.2, 0.25) is 0 Å². The second kappa shape index (κ2) is 5.93. The van der Waals surface area contributed by atoms with Gasteiger partial charge < -0.3 is 11.1 Å². The third-order valence-electron chi connectivity index (χ3n) is 3.59. The molecule has 2 rings (SSSR count). The first-order valence-electron chi connectivity index (χ1n) is 6.68. The van der Waals surface area contributed by atoms with E-state index >= 15 is 0 Å². The second-order valence-electron chi connectivity index (χ2n) is 5.32. The van der Waals surface area contributed by atoms with Crippen LogP contribution in [0.15, 0.2) is 24.3 Å². The fraction of sp³-hybridized carbons (Fsp3) is 0.500. The Labute approximate surface area is 119 Å². The summed E-state index contributed by atoms with van der Waals surface area (Å²) in [4.78, 5) is 12.0. The Morgan fingerprint density at radius 2 is 2.15 bits per heavy atom. The van der Waals surface area contributed by atoms with Crippen molar-refractivity contribution in [3.05, 3.63) is 35.4 Å². The van der Waals surface area contributed by atoms with Gasteiger partial charge in [-0.1, -0.05) is 24.3 Å². The second-order valence-corrected chi connectivity index (χ2v) is 7.58. The number of hydrogen-bond donors (Lipinski definition) is 2. The van der Waals surface area contributed by atoms with Crippen LogP contribution in [0.1, 0.15) is 30.0 Å². The van der Waals surface area contributed by atoms with E-state index in [1.807, 2.05) is 18.2 Å². The predicted octanol–water partition coefficient (Wildman–Crippen LogP) is 0.552. The highest BCUT2D eigenvalue weighted by Crippen LogP contribution is 2.30. The molecule has 5 nitrogen and oxygen atoms in total. The van der Waals surface area contributed by atoms with Crippen LogP contribution in [0.3, 0.4) is 0 Å². The number of benzene rings is 1. The number of carbonyl (C=O) groups is 1. The Morgan fingerprint density at radius 3 is 2.85 bits per heavy atom. The molecule has 0 fully saturated rings. The van der Waals surface area contributed by atoms with Crippen molar-refractivity contribution in [1.82, 2.24) is 5.32 Å². The molecule has 0 saturated carbocycles. The molecule has 0 aromatic heterocycles. The van der Waals surface area contributed by atoms with Crippen LogP contribution in [0.25, 0.3) is 0 Å². The minimum atomic E-state index is -3.09. The maximum atomic E-state index is 12.0. The lowest BCUT2D eigenvalue weighted by Gasteiger charge is -2.17. The lowest BCUT2D eigenvalue weighted by atomic mass is 10.1. The monoisotopic (exact) mass is 296 g/mol. The molecule has 2 unspecified atom stereocenters. The van der Waals surface area contributed by atoms with Crippen LogP contribution in [-0.4, -0.2) is 32.4 Å². The molecule has 0 aliphatic heterocycles. The fourth-order valence-corrected chi connectivity index (χ4v) is 3.14. The average molecular weight is 296 g/mol. The molecule has 110 valence electrons. The van der Waals surface area contributed by atoms with Crippen LogP contribution in [0, 0.1) is 0 Å². The highest BCUT2D eigenvalue weighted by Gasteiger charge is 2.25. The molecule has 1 aromatic carbocycles. The van der Waals surface area contributed by atoms with E-state index in [1.165, 1.54) is 5.56 Å². The number of carbonyl (C=O) groups excluding carboxylic acids is 1.